The molecule has 15 heavy (non-hydrogen) atoms. The van der Waals surface area contributed by atoms with E-state index in [1.165, 1.54) is 7.11 Å². The number of hydrogen-bond donors (Lipinski definition) is 1. The molecule has 0 radical (unpaired) electrons. The number of Topliss-reactive ketones (excluding diaryl/α,β-unsaturated/α-hetero) is 1. The van der Waals surface area contributed by atoms with E-state index in [-0.39, 0.29) is 35.1 Å². The first kappa shape index (κ1) is 11.9. The van der Waals surface area contributed by atoms with Gasteiger partial charge in [-0.1, -0.05) is 11.6 Å². The van der Waals surface area contributed by atoms with Crippen LogP contribution in [0.15, 0.2) is 12.1 Å². The predicted octanol–water partition coefficient (Wildman–Crippen LogP) is 2.02. The van der Waals surface area contributed by atoms with E-state index in [2.05, 4.69) is 0 Å². The van der Waals surface area contributed by atoms with E-state index in [4.69, 9.17) is 22.1 Å². The van der Waals surface area contributed by atoms with Crippen molar-refractivity contribution in [2.24, 2.45) is 5.73 Å². The molecule has 0 unspecified atom stereocenters. The molecule has 1 aromatic carbocycles. The zero-order valence-electron chi connectivity index (χ0n) is 8.22. The molecule has 1 rings (SSSR count). The molecule has 1 aromatic rings. The number of ether oxygens (including phenoxy) is 1. The summed E-state index contributed by atoms with van der Waals surface area (Å²) in [6.07, 6.45) is 0.135. The fraction of sp³-hybridized carbons (Fsp3) is 0.300. The lowest BCUT2D eigenvalue weighted by molar-refractivity contribution is 0.0982. The highest BCUT2D eigenvalue weighted by atomic mass is 35.5. The molecule has 0 amide bonds. The van der Waals surface area contributed by atoms with E-state index in [1.54, 1.807) is 0 Å². The molecule has 82 valence electrons. The summed E-state index contributed by atoms with van der Waals surface area (Å²) in [4.78, 5) is 11.5. The summed E-state index contributed by atoms with van der Waals surface area (Å²) in [5, 5.41) is 0.0814. The number of halogens is 2. The fourth-order valence-corrected chi connectivity index (χ4v) is 1.52. The molecule has 0 bridgehead atoms. The van der Waals surface area contributed by atoms with E-state index in [1.807, 2.05) is 0 Å². The molecule has 0 aliphatic heterocycles. The second-order valence-corrected chi connectivity index (χ2v) is 3.34. The van der Waals surface area contributed by atoms with E-state index in [9.17, 15) is 9.18 Å². The molecular formula is C10H11ClFNO2. The zero-order chi connectivity index (χ0) is 11.4. The maximum absolute atomic E-state index is 13.0. The molecule has 0 heterocycles. The second kappa shape index (κ2) is 5.09. The summed E-state index contributed by atoms with van der Waals surface area (Å²) in [6, 6.07) is 2.20. The van der Waals surface area contributed by atoms with Crippen LogP contribution in [0, 0.1) is 5.82 Å². The van der Waals surface area contributed by atoms with Gasteiger partial charge in [-0.25, -0.2) is 4.39 Å². The molecule has 0 aromatic heterocycles. The van der Waals surface area contributed by atoms with Gasteiger partial charge in [-0.15, -0.1) is 0 Å². The monoisotopic (exact) mass is 231 g/mol. The SMILES string of the molecule is COc1c(Cl)cc(F)cc1C(=O)CCN. The van der Waals surface area contributed by atoms with Crippen molar-refractivity contribution >= 4 is 17.4 Å². The molecule has 0 fully saturated rings. The Balaban J connectivity index is 3.20. The molecule has 3 nitrogen and oxygen atoms in total. The zero-order valence-corrected chi connectivity index (χ0v) is 8.97. The highest BCUT2D eigenvalue weighted by Crippen LogP contribution is 2.30. The number of hydrogen-bond acceptors (Lipinski definition) is 3. The largest absolute Gasteiger partial charge is 0.494 e. The number of rotatable bonds is 4. The lowest BCUT2D eigenvalue weighted by Gasteiger charge is -2.09. The smallest absolute Gasteiger partial charge is 0.168 e. The first-order chi connectivity index (χ1) is 7.10. The average Bonchev–Trinajstić information content (AvgIpc) is 2.17. The molecule has 0 spiro atoms. The van der Waals surface area contributed by atoms with Gasteiger partial charge in [0, 0.05) is 6.42 Å². The Morgan fingerprint density at radius 1 is 1.60 bits per heavy atom. The van der Waals surface area contributed by atoms with E-state index in [0.717, 1.165) is 12.1 Å². The standard InChI is InChI=1S/C10H11ClFNO2/c1-15-10-7(9(14)2-3-13)4-6(12)5-8(10)11/h4-5H,2-3,13H2,1H3. The molecule has 0 atom stereocenters. The fourth-order valence-electron chi connectivity index (χ4n) is 1.24. The Morgan fingerprint density at radius 3 is 2.80 bits per heavy atom. The number of ketones is 1. The average molecular weight is 232 g/mol. The summed E-state index contributed by atoms with van der Waals surface area (Å²) in [5.74, 6) is -0.659. The van der Waals surface area contributed by atoms with Crippen molar-refractivity contribution in [3.05, 3.63) is 28.5 Å². The summed E-state index contributed by atoms with van der Waals surface area (Å²) < 4.78 is 18.0. The Morgan fingerprint density at radius 2 is 2.27 bits per heavy atom. The van der Waals surface area contributed by atoms with Crippen LogP contribution in [0.25, 0.3) is 0 Å². The summed E-state index contributed by atoms with van der Waals surface area (Å²) in [6.45, 7) is 0.204. The third-order valence-corrected chi connectivity index (χ3v) is 2.17. The first-order valence-electron chi connectivity index (χ1n) is 4.36. The van der Waals surface area contributed by atoms with Crippen molar-refractivity contribution in [3.63, 3.8) is 0 Å². The van der Waals surface area contributed by atoms with Crippen LogP contribution >= 0.6 is 11.6 Å². The number of nitrogens with two attached hydrogens (primary N) is 1. The van der Waals surface area contributed by atoms with Crippen molar-refractivity contribution in [1.82, 2.24) is 0 Å². The van der Waals surface area contributed by atoms with Crippen LogP contribution < -0.4 is 10.5 Å². The van der Waals surface area contributed by atoms with Gasteiger partial charge in [0.25, 0.3) is 0 Å². The van der Waals surface area contributed by atoms with Gasteiger partial charge in [-0.3, -0.25) is 4.79 Å². The first-order valence-corrected chi connectivity index (χ1v) is 4.74. The molecule has 0 saturated heterocycles. The topological polar surface area (TPSA) is 52.3 Å². The van der Waals surface area contributed by atoms with Crippen LogP contribution in [0.5, 0.6) is 5.75 Å². The number of carbonyl (C=O) groups excluding carboxylic acids is 1. The Hall–Kier alpha value is -1.13. The van der Waals surface area contributed by atoms with Crippen molar-refractivity contribution in [1.29, 1.82) is 0 Å². The van der Waals surface area contributed by atoms with Crippen LogP contribution in [0.4, 0.5) is 4.39 Å². The van der Waals surface area contributed by atoms with E-state index >= 15 is 0 Å². The van der Waals surface area contributed by atoms with Crippen molar-refractivity contribution < 1.29 is 13.9 Å². The Kier molecular flexibility index (Phi) is 4.05. The maximum atomic E-state index is 13.0. The van der Waals surface area contributed by atoms with Gasteiger partial charge >= 0.3 is 0 Å². The third-order valence-electron chi connectivity index (χ3n) is 1.88. The molecule has 0 saturated carbocycles. The predicted molar refractivity (Wildman–Crippen MR) is 56.0 cm³/mol. The highest BCUT2D eigenvalue weighted by molar-refractivity contribution is 6.32. The second-order valence-electron chi connectivity index (χ2n) is 2.93. The minimum Gasteiger partial charge on any atom is -0.494 e. The van der Waals surface area contributed by atoms with Gasteiger partial charge in [-0.05, 0) is 18.7 Å². The van der Waals surface area contributed by atoms with Crippen LogP contribution in [0.1, 0.15) is 16.8 Å². The number of methoxy groups -OCH3 is 1. The van der Waals surface area contributed by atoms with Crippen LogP contribution in [0.3, 0.4) is 0 Å². The summed E-state index contributed by atoms with van der Waals surface area (Å²) in [7, 11) is 1.37. The van der Waals surface area contributed by atoms with Crippen molar-refractivity contribution in [2.75, 3.05) is 13.7 Å². The summed E-state index contributed by atoms with van der Waals surface area (Å²) in [5.41, 5.74) is 5.38. The van der Waals surface area contributed by atoms with Gasteiger partial charge < -0.3 is 10.5 Å². The molecule has 2 N–H and O–H groups in total. The van der Waals surface area contributed by atoms with E-state index < -0.39 is 5.82 Å². The Labute approximate surface area is 92.0 Å². The lowest BCUT2D eigenvalue weighted by Crippen LogP contribution is -2.10. The number of benzene rings is 1. The Bertz CT molecular complexity index is 382. The molecule has 5 heteroatoms. The van der Waals surface area contributed by atoms with Crippen LogP contribution in [-0.2, 0) is 0 Å². The van der Waals surface area contributed by atoms with E-state index in [0.29, 0.717) is 0 Å². The van der Waals surface area contributed by atoms with Gasteiger partial charge in [0.1, 0.15) is 11.6 Å². The van der Waals surface area contributed by atoms with Crippen molar-refractivity contribution in [3.8, 4) is 5.75 Å². The molecular weight excluding hydrogens is 221 g/mol. The molecule has 0 aliphatic rings. The highest BCUT2D eigenvalue weighted by Gasteiger charge is 2.16. The van der Waals surface area contributed by atoms with Gasteiger partial charge in [0.2, 0.25) is 0 Å². The van der Waals surface area contributed by atoms with Crippen molar-refractivity contribution in [2.45, 2.75) is 6.42 Å². The minimum atomic E-state index is -0.568. The van der Waals surface area contributed by atoms with Crippen LogP contribution in [0.2, 0.25) is 5.02 Å². The number of carbonyl (C=O) groups is 1. The normalized spacial score (nSPS) is 10.1. The minimum absolute atomic E-state index is 0.0814. The molecule has 0 aliphatic carbocycles. The third kappa shape index (κ3) is 2.67. The van der Waals surface area contributed by atoms with Crippen LogP contribution in [-0.4, -0.2) is 19.4 Å². The summed E-state index contributed by atoms with van der Waals surface area (Å²) >= 11 is 5.73. The van der Waals surface area contributed by atoms with Gasteiger partial charge in [-0.2, -0.15) is 0 Å². The van der Waals surface area contributed by atoms with Gasteiger partial charge in [0.05, 0.1) is 17.7 Å². The lowest BCUT2D eigenvalue weighted by atomic mass is 10.1. The van der Waals surface area contributed by atoms with Gasteiger partial charge in [0.15, 0.2) is 5.78 Å². The quantitative estimate of drug-likeness (QED) is 0.807. The maximum Gasteiger partial charge on any atom is 0.168 e.